The van der Waals surface area contributed by atoms with Crippen molar-refractivity contribution < 1.29 is 23.7 Å². The smallest absolute Gasteiger partial charge is 0.338 e. The van der Waals surface area contributed by atoms with Crippen LogP contribution in [-0.2, 0) is 17.8 Å². The third-order valence-electron chi connectivity index (χ3n) is 7.09. The topological polar surface area (TPSA) is 91.3 Å². The summed E-state index contributed by atoms with van der Waals surface area (Å²) in [5, 5.41) is 4.29. The number of halogens is 1. The van der Waals surface area contributed by atoms with Crippen molar-refractivity contribution in [2.24, 2.45) is 0 Å². The van der Waals surface area contributed by atoms with E-state index in [1.807, 2.05) is 6.07 Å². The summed E-state index contributed by atoms with van der Waals surface area (Å²) in [7, 11) is 2.89. The predicted octanol–water partition coefficient (Wildman–Crippen LogP) is 3.24. The number of methoxy groups -OCH3 is 2. The second-order valence-electron chi connectivity index (χ2n) is 9.41. The van der Waals surface area contributed by atoms with Gasteiger partial charge in [-0.2, -0.15) is 0 Å². The number of pyridine rings is 1. The minimum Gasteiger partial charge on any atom is -0.497 e. The van der Waals surface area contributed by atoms with Crippen LogP contribution in [0.15, 0.2) is 47.3 Å². The number of aromatic nitrogens is 1. The van der Waals surface area contributed by atoms with Gasteiger partial charge in [0.15, 0.2) is 11.5 Å². The van der Waals surface area contributed by atoms with Crippen LogP contribution in [0, 0.1) is 0 Å². The molecule has 0 unspecified atom stereocenters. The lowest BCUT2D eigenvalue weighted by molar-refractivity contribution is 0.0602. The Labute approximate surface area is 228 Å². The highest BCUT2D eigenvalue weighted by Crippen LogP contribution is 2.31. The van der Waals surface area contributed by atoms with Crippen LogP contribution in [-0.4, -0.2) is 68.5 Å². The molecule has 2 aliphatic rings. The van der Waals surface area contributed by atoms with Gasteiger partial charge in [-0.05, 0) is 55.8 Å². The Hall–Kier alpha value is -3.27. The maximum atomic E-state index is 12.9. The Balaban J connectivity index is 0.00000336. The van der Waals surface area contributed by atoms with Gasteiger partial charge in [-0.3, -0.25) is 9.69 Å². The second kappa shape index (κ2) is 12.5. The van der Waals surface area contributed by atoms with Crippen LogP contribution in [0.3, 0.4) is 0 Å². The maximum absolute atomic E-state index is 12.9. The number of benzene rings is 2. The van der Waals surface area contributed by atoms with Gasteiger partial charge in [0.2, 0.25) is 0 Å². The van der Waals surface area contributed by atoms with E-state index in [0.29, 0.717) is 49.0 Å². The summed E-state index contributed by atoms with van der Waals surface area (Å²) in [5.41, 5.74) is 1.91. The summed E-state index contributed by atoms with van der Waals surface area (Å²) in [5.74, 6) is 1.75. The standard InChI is InChI=1S/C28H33N3O6.ClH/c1-34-21-4-5-22-23(28(33)35-2)17-27(32)31(24(22)16-21)12-9-29-20-7-10-30(11-8-20)18-19-3-6-25-26(15-19)37-14-13-36-25;/h3-6,15-17,20,29H,7-14,18H2,1-2H3;1H. The van der Waals surface area contributed by atoms with E-state index >= 15 is 0 Å². The highest BCUT2D eigenvalue weighted by Gasteiger charge is 2.21. The molecule has 1 saturated heterocycles. The Morgan fingerprint density at radius 3 is 2.53 bits per heavy atom. The first-order valence-electron chi connectivity index (χ1n) is 12.7. The molecule has 0 atom stereocenters. The van der Waals surface area contributed by atoms with Crippen LogP contribution < -0.4 is 25.1 Å². The molecule has 0 saturated carbocycles. The first kappa shape index (κ1) is 27.8. The van der Waals surface area contributed by atoms with Gasteiger partial charge in [-0.1, -0.05) is 6.07 Å². The molecule has 1 fully saturated rings. The number of nitrogens with zero attached hydrogens (tertiary/aromatic N) is 2. The van der Waals surface area contributed by atoms with Gasteiger partial charge in [0.1, 0.15) is 19.0 Å². The van der Waals surface area contributed by atoms with Crippen molar-refractivity contribution in [3.8, 4) is 17.2 Å². The summed E-state index contributed by atoms with van der Waals surface area (Å²) in [6.45, 7) is 5.22. The molecule has 3 heterocycles. The number of likely N-dealkylation sites (tertiary alicyclic amines) is 1. The van der Waals surface area contributed by atoms with Crippen molar-refractivity contribution >= 4 is 29.3 Å². The van der Waals surface area contributed by atoms with E-state index in [2.05, 4.69) is 22.3 Å². The number of esters is 1. The SMILES string of the molecule is COC(=O)c1cc(=O)n(CCNC2CCN(Cc3ccc4c(c3)OCCO4)CC2)c2cc(OC)ccc12.Cl. The first-order valence-corrected chi connectivity index (χ1v) is 12.7. The third-order valence-corrected chi connectivity index (χ3v) is 7.09. The van der Waals surface area contributed by atoms with Crippen molar-refractivity contribution in [1.29, 1.82) is 0 Å². The summed E-state index contributed by atoms with van der Waals surface area (Å²) in [6.07, 6.45) is 2.07. The largest absolute Gasteiger partial charge is 0.497 e. The van der Waals surface area contributed by atoms with Crippen molar-refractivity contribution in [3.63, 3.8) is 0 Å². The number of fused-ring (bicyclic) bond motifs is 2. The van der Waals surface area contributed by atoms with E-state index < -0.39 is 5.97 Å². The molecule has 10 heteroatoms. The van der Waals surface area contributed by atoms with Crippen LogP contribution in [0.1, 0.15) is 28.8 Å². The maximum Gasteiger partial charge on any atom is 0.338 e. The molecule has 1 aromatic heterocycles. The Bertz CT molecular complexity index is 1340. The lowest BCUT2D eigenvalue weighted by Gasteiger charge is -2.32. The molecule has 3 aromatic rings. The van der Waals surface area contributed by atoms with E-state index in [0.717, 1.165) is 44.0 Å². The fourth-order valence-corrected chi connectivity index (χ4v) is 5.12. The van der Waals surface area contributed by atoms with E-state index in [4.69, 9.17) is 18.9 Å². The first-order chi connectivity index (χ1) is 18.1. The fourth-order valence-electron chi connectivity index (χ4n) is 5.12. The third kappa shape index (κ3) is 6.06. The zero-order valence-corrected chi connectivity index (χ0v) is 22.6. The van der Waals surface area contributed by atoms with Crippen molar-refractivity contribution in [2.75, 3.05) is 47.1 Å². The summed E-state index contributed by atoms with van der Waals surface area (Å²) in [6, 6.07) is 13.3. The van der Waals surface area contributed by atoms with E-state index in [1.165, 1.54) is 18.7 Å². The van der Waals surface area contributed by atoms with Crippen LogP contribution in [0.2, 0.25) is 0 Å². The summed E-state index contributed by atoms with van der Waals surface area (Å²) in [4.78, 5) is 27.6. The van der Waals surface area contributed by atoms with Crippen LogP contribution >= 0.6 is 12.4 Å². The number of hydrogen-bond acceptors (Lipinski definition) is 8. The molecule has 9 nitrogen and oxygen atoms in total. The van der Waals surface area contributed by atoms with Crippen molar-refractivity contribution in [1.82, 2.24) is 14.8 Å². The van der Waals surface area contributed by atoms with Crippen molar-refractivity contribution in [2.45, 2.75) is 32.0 Å². The Morgan fingerprint density at radius 1 is 1.03 bits per heavy atom. The monoisotopic (exact) mass is 543 g/mol. The van der Waals surface area contributed by atoms with Gasteiger partial charge in [0.05, 0.1) is 25.3 Å². The Kier molecular flexibility index (Phi) is 9.14. The zero-order chi connectivity index (χ0) is 25.8. The molecule has 0 spiro atoms. The van der Waals surface area contributed by atoms with Crippen LogP contribution in [0.4, 0.5) is 0 Å². The quantitative estimate of drug-likeness (QED) is 0.433. The second-order valence-corrected chi connectivity index (χ2v) is 9.41. The van der Waals surface area contributed by atoms with Gasteiger partial charge in [-0.25, -0.2) is 4.79 Å². The molecule has 5 rings (SSSR count). The van der Waals surface area contributed by atoms with Crippen LogP contribution in [0.5, 0.6) is 17.2 Å². The van der Waals surface area contributed by atoms with Gasteiger partial charge in [-0.15, -0.1) is 12.4 Å². The number of ether oxygens (including phenoxy) is 4. The summed E-state index contributed by atoms with van der Waals surface area (Å²) >= 11 is 0. The zero-order valence-electron chi connectivity index (χ0n) is 21.7. The average molecular weight is 544 g/mol. The molecule has 0 amide bonds. The van der Waals surface area contributed by atoms with E-state index in [-0.39, 0.29) is 23.5 Å². The van der Waals surface area contributed by atoms with Crippen molar-refractivity contribution in [3.05, 3.63) is 63.9 Å². The minimum atomic E-state index is -0.527. The molecule has 2 aromatic carbocycles. The van der Waals surface area contributed by atoms with Crippen LogP contribution in [0.25, 0.3) is 10.9 Å². The normalized spacial score (nSPS) is 15.6. The van der Waals surface area contributed by atoms with Gasteiger partial charge >= 0.3 is 5.97 Å². The number of carbonyl (C=O) groups is 1. The van der Waals surface area contributed by atoms with Gasteiger partial charge in [0, 0.05) is 43.2 Å². The highest BCUT2D eigenvalue weighted by molar-refractivity contribution is 6.03. The minimum absolute atomic E-state index is 0. The van der Waals surface area contributed by atoms with Gasteiger partial charge in [0.25, 0.3) is 5.56 Å². The molecule has 204 valence electrons. The van der Waals surface area contributed by atoms with Gasteiger partial charge < -0.3 is 28.8 Å². The highest BCUT2D eigenvalue weighted by atomic mass is 35.5. The molecule has 0 aliphatic carbocycles. The number of hydrogen-bond donors (Lipinski definition) is 1. The number of carbonyl (C=O) groups excluding carboxylic acids is 1. The average Bonchev–Trinajstić information content (AvgIpc) is 2.94. The molecule has 0 radical (unpaired) electrons. The number of piperidine rings is 1. The van der Waals surface area contributed by atoms with E-state index in [9.17, 15) is 9.59 Å². The predicted molar refractivity (Wildman–Crippen MR) is 147 cm³/mol. The molecular weight excluding hydrogens is 510 g/mol. The molecule has 2 aliphatic heterocycles. The molecular formula is C28H34ClN3O6. The lowest BCUT2D eigenvalue weighted by Crippen LogP contribution is -2.43. The molecule has 38 heavy (non-hydrogen) atoms. The molecule has 0 bridgehead atoms. The number of nitrogens with one attached hydrogen (secondary N) is 1. The number of rotatable bonds is 8. The summed E-state index contributed by atoms with van der Waals surface area (Å²) < 4.78 is 23.3. The fraction of sp³-hybridized carbons (Fsp3) is 0.429. The lowest BCUT2D eigenvalue weighted by atomic mass is 10.0. The Morgan fingerprint density at radius 2 is 1.79 bits per heavy atom. The van der Waals surface area contributed by atoms with E-state index in [1.54, 1.807) is 29.9 Å². The molecule has 1 N–H and O–H groups in total.